The Bertz CT molecular complexity index is 263. The fourth-order valence-corrected chi connectivity index (χ4v) is 3.10. The Kier molecular flexibility index (Phi) is 5.45. The molecule has 0 aromatic heterocycles. The summed E-state index contributed by atoms with van der Waals surface area (Å²) < 4.78 is 0. The molecule has 2 heterocycles. The van der Waals surface area contributed by atoms with Crippen LogP contribution in [-0.2, 0) is 4.79 Å². The average molecular weight is 254 g/mol. The van der Waals surface area contributed by atoms with Crippen molar-refractivity contribution < 1.29 is 9.90 Å². The molecule has 1 atom stereocenters. The van der Waals surface area contributed by atoms with Gasteiger partial charge in [-0.25, -0.2) is 0 Å². The van der Waals surface area contributed by atoms with Gasteiger partial charge in [0.2, 0.25) is 0 Å². The lowest BCUT2D eigenvalue weighted by atomic mass is 9.98. The van der Waals surface area contributed by atoms with Gasteiger partial charge in [-0.1, -0.05) is 12.8 Å². The first kappa shape index (κ1) is 13.8. The zero-order chi connectivity index (χ0) is 12.8. The van der Waals surface area contributed by atoms with E-state index in [-0.39, 0.29) is 5.92 Å². The average Bonchev–Trinajstić information content (AvgIpc) is 2.65. The molecule has 2 rings (SSSR count). The molecule has 4 nitrogen and oxygen atoms in total. The van der Waals surface area contributed by atoms with Crippen LogP contribution >= 0.6 is 0 Å². The highest BCUT2D eigenvalue weighted by atomic mass is 16.4. The number of piperidine rings is 1. The molecule has 0 aliphatic carbocycles. The highest BCUT2D eigenvalue weighted by molar-refractivity contribution is 5.70. The van der Waals surface area contributed by atoms with Crippen molar-refractivity contribution in [2.24, 2.45) is 5.92 Å². The standard InChI is InChI=1S/C14H26N2O2/c17-14(18)13-6-5-9-16(12-13)11-10-15-7-3-1-2-4-8-15/h13H,1-12H2,(H,17,18). The van der Waals surface area contributed by atoms with Crippen LogP contribution < -0.4 is 0 Å². The number of hydrogen-bond acceptors (Lipinski definition) is 3. The summed E-state index contributed by atoms with van der Waals surface area (Å²) >= 11 is 0. The van der Waals surface area contributed by atoms with Gasteiger partial charge in [-0.15, -0.1) is 0 Å². The van der Waals surface area contributed by atoms with E-state index < -0.39 is 5.97 Å². The zero-order valence-corrected chi connectivity index (χ0v) is 11.3. The van der Waals surface area contributed by atoms with Gasteiger partial charge in [-0.05, 0) is 45.3 Å². The molecule has 104 valence electrons. The first-order valence-corrected chi connectivity index (χ1v) is 7.43. The molecule has 0 saturated carbocycles. The van der Waals surface area contributed by atoms with Crippen LogP contribution in [-0.4, -0.2) is 60.1 Å². The molecular formula is C14H26N2O2. The topological polar surface area (TPSA) is 43.8 Å². The van der Waals surface area contributed by atoms with Crippen LogP contribution in [0.25, 0.3) is 0 Å². The number of aliphatic carboxylic acids is 1. The van der Waals surface area contributed by atoms with Gasteiger partial charge in [0, 0.05) is 19.6 Å². The molecule has 0 aromatic carbocycles. The van der Waals surface area contributed by atoms with Gasteiger partial charge in [0.15, 0.2) is 0 Å². The number of hydrogen-bond donors (Lipinski definition) is 1. The van der Waals surface area contributed by atoms with Crippen LogP contribution in [0.2, 0.25) is 0 Å². The number of rotatable bonds is 4. The van der Waals surface area contributed by atoms with Crippen molar-refractivity contribution in [1.29, 1.82) is 0 Å². The SMILES string of the molecule is O=C(O)C1CCCN(CCN2CCCCCC2)C1. The molecule has 18 heavy (non-hydrogen) atoms. The Balaban J connectivity index is 1.70. The molecule has 2 aliphatic rings. The molecule has 0 bridgehead atoms. The minimum Gasteiger partial charge on any atom is -0.481 e. The van der Waals surface area contributed by atoms with Gasteiger partial charge >= 0.3 is 5.97 Å². The second-order valence-electron chi connectivity index (χ2n) is 5.73. The molecule has 2 aliphatic heterocycles. The molecule has 2 fully saturated rings. The van der Waals surface area contributed by atoms with E-state index in [0.717, 1.165) is 39.0 Å². The number of likely N-dealkylation sites (tertiary alicyclic amines) is 2. The van der Waals surface area contributed by atoms with Crippen molar-refractivity contribution in [3.8, 4) is 0 Å². The Labute approximate surface area is 110 Å². The molecule has 0 spiro atoms. The lowest BCUT2D eigenvalue weighted by Crippen LogP contribution is -2.42. The second kappa shape index (κ2) is 7.10. The summed E-state index contributed by atoms with van der Waals surface area (Å²) in [5.74, 6) is -0.752. The molecular weight excluding hydrogens is 228 g/mol. The number of carbonyl (C=O) groups is 1. The maximum atomic E-state index is 11.0. The van der Waals surface area contributed by atoms with Crippen LogP contribution in [0.5, 0.6) is 0 Å². The summed E-state index contributed by atoms with van der Waals surface area (Å²) in [6.07, 6.45) is 7.31. The van der Waals surface area contributed by atoms with Gasteiger partial charge < -0.3 is 14.9 Å². The summed E-state index contributed by atoms with van der Waals surface area (Å²) in [5.41, 5.74) is 0. The summed E-state index contributed by atoms with van der Waals surface area (Å²) in [6, 6.07) is 0. The molecule has 0 radical (unpaired) electrons. The number of carboxylic acid groups (broad SMARTS) is 1. The van der Waals surface area contributed by atoms with Gasteiger partial charge in [0.05, 0.1) is 5.92 Å². The van der Waals surface area contributed by atoms with Gasteiger partial charge in [0.25, 0.3) is 0 Å². The van der Waals surface area contributed by atoms with Crippen molar-refractivity contribution >= 4 is 5.97 Å². The quantitative estimate of drug-likeness (QED) is 0.828. The van der Waals surface area contributed by atoms with E-state index in [1.54, 1.807) is 0 Å². The maximum absolute atomic E-state index is 11.0. The van der Waals surface area contributed by atoms with Crippen molar-refractivity contribution in [3.63, 3.8) is 0 Å². The first-order valence-electron chi connectivity index (χ1n) is 7.43. The summed E-state index contributed by atoms with van der Waals surface area (Å²) in [7, 11) is 0. The minimum absolute atomic E-state index is 0.136. The van der Waals surface area contributed by atoms with Crippen LogP contribution in [0.4, 0.5) is 0 Å². The fraction of sp³-hybridized carbons (Fsp3) is 0.929. The first-order chi connectivity index (χ1) is 8.75. The predicted octanol–water partition coefficient (Wildman–Crippen LogP) is 1.66. The van der Waals surface area contributed by atoms with Crippen molar-refractivity contribution in [3.05, 3.63) is 0 Å². The second-order valence-corrected chi connectivity index (χ2v) is 5.73. The summed E-state index contributed by atoms with van der Waals surface area (Å²) in [4.78, 5) is 15.9. The maximum Gasteiger partial charge on any atom is 0.307 e. The molecule has 1 N–H and O–H groups in total. The number of carboxylic acids is 1. The van der Waals surface area contributed by atoms with Crippen molar-refractivity contribution in [2.45, 2.75) is 38.5 Å². The van der Waals surface area contributed by atoms with Crippen molar-refractivity contribution in [1.82, 2.24) is 9.80 Å². The number of nitrogens with zero attached hydrogens (tertiary/aromatic N) is 2. The Hall–Kier alpha value is -0.610. The Morgan fingerprint density at radius 2 is 1.56 bits per heavy atom. The summed E-state index contributed by atoms with van der Waals surface area (Å²) in [6.45, 7) is 6.46. The van der Waals surface area contributed by atoms with E-state index in [1.165, 1.54) is 38.8 Å². The van der Waals surface area contributed by atoms with Crippen LogP contribution in [0.15, 0.2) is 0 Å². The third kappa shape index (κ3) is 4.25. The smallest absolute Gasteiger partial charge is 0.307 e. The van der Waals surface area contributed by atoms with E-state index in [0.29, 0.717) is 0 Å². The fourth-order valence-electron chi connectivity index (χ4n) is 3.10. The Morgan fingerprint density at radius 3 is 2.22 bits per heavy atom. The highest BCUT2D eigenvalue weighted by Crippen LogP contribution is 2.16. The largest absolute Gasteiger partial charge is 0.481 e. The third-order valence-electron chi connectivity index (χ3n) is 4.29. The molecule has 1 unspecified atom stereocenters. The van der Waals surface area contributed by atoms with E-state index in [9.17, 15) is 4.79 Å². The van der Waals surface area contributed by atoms with Gasteiger partial charge in [-0.3, -0.25) is 4.79 Å². The van der Waals surface area contributed by atoms with Crippen molar-refractivity contribution in [2.75, 3.05) is 39.3 Å². The monoisotopic (exact) mass is 254 g/mol. The Morgan fingerprint density at radius 1 is 0.944 bits per heavy atom. The minimum atomic E-state index is -0.616. The molecule has 0 amide bonds. The van der Waals surface area contributed by atoms with E-state index >= 15 is 0 Å². The summed E-state index contributed by atoms with van der Waals surface area (Å²) in [5, 5.41) is 9.07. The third-order valence-corrected chi connectivity index (χ3v) is 4.29. The highest BCUT2D eigenvalue weighted by Gasteiger charge is 2.25. The van der Waals surface area contributed by atoms with Crippen LogP contribution in [0, 0.1) is 5.92 Å². The molecule has 4 heteroatoms. The van der Waals surface area contributed by atoms with Crippen LogP contribution in [0.3, 0.4) is 0 Å². The van der Waals surface area contributed by atoms with Gasteiger partial charge in [-0.2, -0.15) is 0 Å². The normalized spacial score (nSPS) is 27.9. The zero-order valence-electron chi connectivity index (χ0n) is 11.3. The van der Waals surface area contributed by atoms with Gasteiger partial charge in [0.1, 0.15) is 0 Å². The van der Waals surface area contributed by atoms with Crippen LogP contribution in [0.1, 0.15) is 38.5 Å². The van der Waals surface area contributed by atoms with E-state index in [1.807, 2.05) is 0 Å². The van der Waals surface area contributed by atoms with E-state index in [2.05, 4.69) is 9.80 Å². The molecule has 2 saturated heterocycles. The van der Waals surface area contributed by atoms with E-state index in [4.69, 9.17) is 5.11 Å². The lowest BCUT2D eigenvalue weighted by Gasteiger charge is -2.32. The lowest BCUT2D eigenvalue weighted by molar-refractivity contribution is -0.143. The predicted molar refractivity (Wildman–Crippen MR) is 71.7 cm³/mol. The molecule has 0 aromatic rings.